The third-order valence-corrected chi connectivity index (χ3v) is 3.69. The number of methoxy groups -OCH3 is 1. The third-order valence-electron chi connectivity index (χ3n) is 2.87. The molecule has 2 aromatic carbocycles. The molecule has 0 aliphatic carbocycles. The van der Waals surface area contributed by atoms with Crippen molar-refractivity contribution in [2.45, 2.75) is 6.54 Å². The molecule has 0 fully saturated rings. The van der Waals surface area contributed by atoms with Gasteiger partial charge in [-0.05, 0) is 29.8 Å². The van der Waals surface area contributed by atoms with Crippen molar-refractivity contribution in [2.75, 3.05) is 12.4 Å². The minimum absolute atomic E-state index is 0.0953. The second-order valence-electron chi connectivity index (χ2n) is 4.26. The first-order chi connectivity index (χ1) is 10.0. The van der Waals surface area contributed by atoms with Gasteiger partial charge < -0.3 is 10.1 Å². The average molecular weight is 328 g/mol. The summed E-state index contributed by atoms with van der Waals surface area (Å²) in [5.74, 6) is -1.33. The highest BCUT2D eigenvalue weighted by molar-refractivity contribution is 6.43. The van der Waals surface area contributed by atoms with E-state index in [1.807, 2.05) is 0 Å². The Morgan fingerprint density at radius 1 is 1.29 bits per heavy atom. The lowest BCUT2D eigenvalue weighted by Gasteiger charge is -2.10. The maximum atomic E-state index is 13.8. The van der Waals surface area contributed by atoms with Gasteiger partial charge in [0.2, 0.25) is 0 Å². The molecule has 2 aromatic rings. The summed E-state index contributed by atoms with van der Waals surface area (Å²) < 4.78 is 18.3. The maximum absolute atomic E-state index is 13.8. The van der Waals surface area contributed by atoms with Crippen molar-refractivity contribution in [3.63, 3.8) is 0 Å². The molecule has 0 saturated carbocycles. The van der Waals surface area contributed by atoms with Crippen LogP contribution in [0.1, 0.15) is 15.9 Å². The highest BCUT2D eigenvalue weighted by Gasteiger charge is 2.12. The van der Waals surface area contributed by atoms with Crippen molar-refractivity contribution in [3.8, 4) is 0 Å². The van der Waals surface area contributed by atoms with Crippen molar-refractivity contribution in [1.29, 1.82) is 0 Å². The van der Waals surface area contributed by atoms with Crippen LogP contribution in [0.25, 0.3) is 0 Å². The Morgan fingerprint density at radius 3 is 2.71 bits per heavy atom. The molecule has 0 amide bonds. The van der Waals surface area contributed by atoms with E-state index in [2.05, 4.69) is 10.1 Å². The third kappa shape index (κ3) is 3.65. The summed E-state index contributed by atoms with van der Waals surface area (Å²) in [5, 5.41) is 3.91. The van der Waals surface area contributed by atoms with Crippen LogP contribution in [-0.4, -0.2) is 13.1 Å². The molecule has 0 aromatic heterocycles. The molecule has 0 bridgehead atoms. The number of esters is 1. The number of halogens is 3. The highest BCUT2D eigenvalue weighted by atomic mass is 35.5. The summed E-state index contributed by atoms with van der Waals surface area (Å²) in [4.78, 5) is 11.3. The molecule has 0 saturated heterocycles. The van der Waals surface area contributed by atoms with Gasteiger partial charge in [-0.25, -0.2) is 9.18 Å². The lowest BCUT2D eigenvalue weighted by atomic mass is 10.1. The quantitative estimate of drug-likeness (QED) is 0.838. The number of carbonyl (C=O) groups excluding carboxylic acids is 1. The smallest absolute Gasteiger partial charge is 0.340 e. The standard InChI is InChI=1S/C15H12Cl2FNO2/c1-21-15(20)10-6-5-9(7-12(10)18)8-19-13-4-2-3-11(16)14(13)17/h2-7,19H,8H2,1H3. The number of nitrogens with one attached hydrogen (secondary N) is 1. The fourth-order valence-electron chi connectivity index (χ4n) is 1.78. The van der Waals surface area contributed by atoms with Crippen LogP contribution in [0.4, 0.5) is 10.1 Å². The van der Waals surface area contributed by atoms with Gasteiger partial charge >= 0.3 is 5.97 Å². The van der Waals surface area contributed by atoms with Crippen LogP contribution in [0.3, 0.4) is 0 Å². The average Bonchev–Trinajstić information content (AvgIpc) is 2.48. The lowest BCUT2D eigenvalue weighted by Crippen LogP contribution is -2.06. The van der Waals surface area contributed by atoms with E-state index in [1.165, 1.54) is 19.2 Å². The van der Waals surface area contributed by atoms with E-state index in [-0.39, 0.29) is 5.56 Å². The summed E-state index contributed by atoms with van der Waals surface area (Å²) in [5.41, 5.74) is 1.22. The van der Waals surface area contributed by atoms with Gasteiger partial charge in [0.05, 0.1) is 28.4 Å². The predicted molar refractivity (Wildman–Crippen MR) is 81.5 cm³/mol. The van der Waals surface area contributed by atoms with Gasteiger partial charge in [0.15, 0.2) is 0 Å². The summed E-state index contributed by atoms with van der Waals surface area (Å²) in [6.45, 7) is 0.346. The monoisotopic (exact) mass is 327 g/mol. The molecular formula is C15H12Cl2FNO2. The minimum atomic E-state index is -0.704. The normalized spacial score (nSPS) is 10.3. The van der Waals surface area contributed by atoms with Crippen LogP contribution in [0.15, 0.2) is 36.4 Å². The van der Waals surface area contributed by atoms with Crippen LogP contribution in [0.5, 0.6) is 0 Å². The summed E-state index contributed by atoms with van der Waals surface area (Å²) in [7, 11) is 1.21. The Labute approximate surface area is 131 Å². The van der Waals surface area contributed by atoms with Gasteiger partial charge in [-0.1, -0.05) is 35.3 Å². The Balaban J connectivity index is 2.12. The van der Waals surface area contributed by atoms with Crippen molar-refractivity contribution in [2.24, 2.45) is 0 Å². The highest BCUT2D eigenvalue weighted by Crippen LogP contribution is 2.29. The molecule has 110 valence electrons. The number of rotatable bonds is 4. The lowest BCUT2D eigenvalue weighted by molar-refractivity contribution is 0.0595. The van der Waals surface area contributed by atoms with E-state index in [1.54, 1.807) is 24.3 Å². The zero-order valence-corrected chi connectivity index (χ0v) is 12.6. The second kappa shape index (κ2) is 6.78. The van der Waals surface area contributed by atoms with E-state index in [0.29, 0.717) is 27.8 Å². The van der Waals surface area contributed by atoms with Gasteiger partial charge in [-0.15, -0.1) is 0 Å². The number of benzene rings is 2. The number of hydrogen-bond donors (Lipinski definition) is 1. The zero-order chi connectivity index (χ0) is 15.4. The van der Waals surface area contributed by atoms with Gasteiger partial charge in [-0.2, -0.15) is 0 Å². The van der Waals surface area contributed by atoms with Gasteiger partial charge in [0.25, 0.3) is 0 Å². The number of ether oxygens (including phenoxy) is 1. The SMILES string of the molecule is COC(=O)c1ccc(CNc2cccc(Cl)c2Cl)cc1F. The maximum Gasteiger partial charge on any atom is 0.340 e. The van der Waals surface area contributed by atoms with Crippen molar-refractivity contribution in [3.05, 3.63) is 63.4 Å². The van der Waals surface area contributed by atoms with Gasteiger partial charge in [-0.3, -0.25) is 0 Å². The molecule has 0 aliphatic rings. The molecule has 0 heterocycles. The van der Waals surface area contributed by atoms with Crippen LogP contribution in [-0.2, 0) is 11.3 Å². The Hall–Kier alpha value is -1.78. The van der Waals surface area contributed by atoms with E-state index in [0.717, 1.165) is 0 Å². The molecular weight excluding hydrogens is 316 g/mol. The first-order valence-electron chi connectivity index (χ1n) is 6.07. The Kier molecular flexibility index (Phi) is 5.04. The first kappa shape index (κ1) is 15.6. The fraction of sp³-hybridized carbons (Fsp3) is 0.133. The van der Waals surface area contributed by atoms with E-state index >= 15 is 0 Å². The molecule has 2 rings (SSSR count). The molecule has 21 heavy (non-hydrogen) atoms. The largest absolute Gasteiger partial charge is 0.465 e. The van der Waals surface area contributed by atoms with E-state index < -0.39 is 11.8 Å². The molecule has 0 spiro atoms. The Bertz CT molecular complexity index is 677. The minimum Gasteiger partial charge on any atom is -0.465 e. The molecule has 0 unspecified atom stereocenters. The molecule has 0 radical (unpaired) electrons. The van der Waals surface area contributed by atoms with Crippen LogP contribution in [0, 0.1) is 5.82 Å². The van der Waals surface area contributed by atoms with Crippen LogP contribution >= 0.6 is 23.2 Å². The van der Waals surface area contributed by atoms with Crippen LogP contribution in [0.2, 0.25) is 10.0 Å². The summed E-state index contributed by atoms with van der Waals surface area (Å²) in [6, 6.07) is 9.51. The van der Waals surface area contributed by atoms with Crippen molar-refractivity contribution >= 4 is 34.9 Å². The molecule has 1 N–H and O–H groups in total. The zero-order valence-electron chi connectivity index (χ0n) is 11.1. The molecule has 0 atom stereocenters. The van der Waals surface area contributed by atoms with Gasteiger partial charge in [0, 0.05) is 6.54 Å². The molecule has 6 heteroatoms. The topological polar surface area (TPSA) is 38.3 Å². The molecule has 3 nitrogen and oxygen atoms in total. The molecule has 0 aliphatic heterocycles. The fourth-order valence-corrected chi connectivity index (χ4v) is 2.15. The Morgan fingerprint density at radius 2 is 2.05 bits per heavy atom. The number of hydrogen-bond acceptors (Lipinski definition) is 3. The summed E-state index contributed by atoms with van der Waals surface area (Å²) in [6.07, 6.45) is 0. The van der Waals surface area contributed by atoms with Crippen molar-refractivity contribution < 1.29 is 13.9 Å². The van der Waals surface area contributed by atoms with E-state index in [9.17, 15) is 9.18 Å². The second-order valence-corrected chi connectivity index (χ2v) is 5.05. The number of carbonyl (C=O) groups is 1. The number of anilines is 1. The van der Waals surface area contributed by atoms with Gasteiger partial charge in [0.1, 0.15) is 5.82 Å². The first-order valence-corrected chi connectivity index (χ1v) is 6.83. The summed E-state index contributed by atoms with van der Waals surface area (Å²) >= 11 is 12.0. The van der Waals surface area contributed by atoms with Crippen LogP contribution < -0.4 is 5.32 Å². The van der Waals surface area contributed by atoms with E-state index in [4.69, 9.17) is 23.2 Å². The van der Waals surface area contributed by atoms with Crippen molar-refractivity contribution in [1.82, 2.24) is 0 Å². The predicted octanol–water partition coefficient (Wildman–Crippen LogP) is 4.53.